The topological polar surface area (TPSA) is 12.0 Å². The first-order valence-corrected chi connectivity index (χ1v) is 3.65. The normalized spacial score (nSPS) is 12.7. The number of anilines is 1. The van der Waals surface area contributed by atoms with Crippen molar-refractivity contribution in [1.82, 2.24) is 0 Å². The minimum atomic E-state index is 1.16. The van der Waals surface area contributed by atoms with Crippen LogP contribution in [0.2, 0.25) is 0 Å². The predicted molar refractivity (Wildman–Crippen MR) is 50.9 cm³/mol. The third kappa shape index (κ3) is 1.24. The first-order valence-electron chi connectivity index (χ1n) is 3.65. The number of hydrogen-bond donors (Lipinski definition) is 1. The minimum absolute atomic E-state index is 1.16. The molecule has 1 aliphatic heterocycles. The molecule has 0 aliphatic carbocycles. The fraction of sp³-hybridized carbons (Fsp3) is 0. The summed E-state index contributed by atoms with van der Waals surface area (Å²) in [6.45, 7) is 0. The van der Waals surface area contributed by atoms with Crippen molar-refractivity contribution in [3.63, 3.8) is 0 Å². The summed E-state index contributed by atoms with van der Waals surface area (Å²) in [6, 6.07) is 8.22. The Kier molecular flexibility index (Phi) is 1.60. The third-order valence-corrected chi connectivity index (χ3v) is 1.68. The van der Waals surface area contributed by atoms with Crippen molar-refractivity contribution in [3.8, 4) is 0 Å². The summed E-state index contributed by atoms with van der Waals surface area (Å²) in [7, 11) is 1.93. The molecule has 0 fully saturated rings. The van der Waals surface area contributed by atoms with Crippen molar-refractivity contribution >= 4 is 24.8 Å². The van der Waals surface area contributed by atoms with Crippen LogP contribution in [-0.4, -0.2) is 13.0 Å². The van der Waals surface area contributed by atoms with Gasteiger partial charge in [0.05, 0.1) is 0 Å². The van der Waals surface area contributed by atoms with Gasteiger partial charge in [-0.25, -0.2) is 0 Å². The molecule has 1 N–H and O–H groups in total. The summed E-state index contributed by atoms with van der Waals surface area (Å²) in [5.74, 6) is 1.99. The molecule has 0 bridgehead atoms. The second-order valence-electron chi connectivity index (χ2n) is 2.45. The Hall–Kier alpha value is -1.31. The molecule has 0 radical (unpaired) electrons. The van der Waals surface area contributed by atoms with Crippen molar-refractivity contribution in [2.75, 3.05) is 5.23 Å². The van der Waals surface area contributed by atoms with E-state index in [9.17, 15) is 0 Å². The van der Waals surface area contributed by atoms with E-state index in [2.05, 4.69) is 23.4 Å². The average Bonchev–Trinajstić information content (AvgIpc) is 2.28. The first-order chi connectivity index (χ1) is 5.47. The van der Waals surface area contributed by atoms with Gasteiger partial charge in [-0.3, -0.25) is 0 Å². The van der Waals surface area contributed by atoms with Gasteiger partial charge in [-0.15, -0.1) is 0 Å². The van der Waals surface area contributed by atoms with Gasteiger partial charge in [-0.2, -0.15) is 0 Å². The number of benzene rings is 1. The summed E-state index contributed by atoms with van der Waals surface area (Å²) in [4.78, 5) is 0. The van der Waals surface area contributed by atoms with E-state index in [1.807, 2.05) is 31.2 Å². The number of fused-ring (bicyclic) bond motifs is 1. The summed E-state index contributed by atoms with van der Waals surface area (Å²) in [5.41, 5.74) is 2.40. The van der Waals surface area contributed by atoms with Crippen LogP contribution >= 0.6 is 0 Å². The third-order valence-electron chi connectivity index (χ3n) is 1.68. The molecule has 0 atom stereocenters. The van der Waals surface area contributed by atoms with Crippen LogP contribution in [0.1, 0.15) is 5.56 Å². The molecule has 11 heavy (non-hydrogen) atoms. The fourth-order valence-corrected chi connectivity index (χ4v) is 1.13. The molecule has 2 rings (SSSR count). The van der Waals surface area contributed by atoms with Gasteiger partial charge < -0.3 is 0 Å². The zero-order chi connectivity index (χ0) is 7.52. The molecular weight excluding hydrogens is 133 g/mol. The van der Waals surface area contributed by atoms with Crippen LogP contribution in [0.25, 0.3) is 6.08 Å². The van der Waals surface area contributed by atoms with Gasteiger partial charge in [-0.1, -0.05) is 0 Å². The number of rotatable bonds is 0. The second kappa shape index (κ2) is 2.75. The Morgan fingerprint density at radius 2 is 2.09 bits per heavy atom. The number of hydrogen-bond acceptors (Lipinski definition) is 1. The van der Waals surface area contributed by atoms with Gasteiger partial charge in [0.1, 0.15) is 0 Å². The van der Waals surface area contributed by atoms with Crippen LogP contribution in [0.3, 0.4) is 0 Å². The Bertz CT molecular complexity index is 315. The molecule has 52 valence electrons. The van der Waals surface area contributed by atoms with E-state index in [-0.39, 0.29) is 0 Å². The molecular formula is C9H8BN. The summed E-state index contributed by atoms with van der Waals surface area (Å²) in [6.07, 6.45) is 4.12. The fourth-order valence-electron chi connectivity index (χ4n) is 1.13. The van der Waals surface area contributed by atoms with E-state index in [1.54, 1.807) is 0 Å². The van der Waals surface area contributed by atoms with Crippen LogP contribution in [0, 0.1) is 0 Å². The molecule has 0 aromatic heterocycles. The van der Waals surface area contributed by atoms with Gasteiger partial charge in [0.25, 0.3) is 0 Å². The maximum atomic E-state index is 3.18. The van der Waals surface area contributed by atoms with Gasteiger partial charge >= 0.3 is 65.9 Å². The van der Waals surface area contributed by atoms with Gasteiger partial charge in [-0.05, 0) is 0 Å². The zero-order valence-electron chi connectivity index (χ0n) is 6.12. The van der Waals surface area contributed by atoms with Crippen molar-refractivity contribution in [1.29, 1.82) is 0 Å². The summed E-state index contributed by atoms with van der Waals surface area (Å²) in [5, 5.41) is 3.18. The Labute approximate surface area is 66.7 Å². The predicted octanol–water partition coefficient (Wildman–Crippen LogP) is 1.55. The number of allylic oxidation sites excluding steroid dienone is 1. The summed E-state index contributed by atoms with van der Waals surface area (Å²) >= 11 is 0. The van der Waals surface area contributed by atoms with E-state index in [0.29, 0.717) is 0 Å². The number of nitrogens with one attached hydrogen (secondary N) is 1. The van der Waals surface area contributed by atoms with E-state index >= 15 is 0 Å². The number of para-hydroxylation sites is 1. The van der Waals surface area contributed by atoms with Crippen molar-refractivity contribution in [2.24, 2.45) is 0 Å². The Morgan fingerprint density at radius 1 is 1.18 bits per heavy atom. The summed E-state index contributed by atoms with van der Waals surface area (Å²) < 4.78 is 0. The van der Waals surface area contributed by atoms with Gasteiger partial charge in [0.2, 0.25) is 0 Å². The SMILES string of the molecule is B1=CC=Cc2ccccc2N1. The first kappa shape index (κ1) is 6.41. The van der Waals surface area contributed by atoms with Crippen LogP contribution in [-0.2, 0) is 0 Å². The van der Waals surface area contributed by atoms with Crippen molar-refractivity contribution in [3.05, 3.63) is 35.9 Å². The molecule has 0 saturated heterocycles. The molecule has 0 saturated carbocycles. The maximum absolute atomic E-state index is 3.18. The second-order valence-corrected chi connectivity index (χ2v) is 2.45. The molecule has 1 nitrogen and oxygen atoms in total. The van der Waals surface area contributed by atoms with Crippen LogP contribution < -0.4 is 5.23 Å². The molecule has 0 spiro atoms. The molecule has 1 aromatic carbocycles. The molecule has 1 heterocycles. The molecule has 2 heteroatoms. The van der Waals surface area contributed by atoms with E-state index in [1.165, 1.54) is 5.56 Å². The molecule has 0 amide bonds. The van der Waals surface area contributed by atoms with Crippen molar-refractivity contribution in [2.45, 2.75) is 0 Å². The molecule has 1 aromatic rings. The Morgan fingerprint density at radius 3 is 3.09 bits per heavy atom. The van der Waals surface area contributed by atoms with Crippen LogP contribution in [0.4, 0.5) is 5.69 Å². The monoisotopic (exact) mass is 141 g/mol. The van der Waals surface area contributed by atoms with E-state index < -0.39 is 0 Å². The van der Waals surface area contributed by atoms with Gasteiger partial charge in [0, 0.05) is 0 Å². The van der Waals surface area contributed by atoms with Crippen molar-refractivity contribution < 1.29 is 0 Å². The zero-order valence-corrected chi connectivity index (χ0v) is 6.12. The Balaban J connectivity index is 2.52. The van der Waals surface area contributed by atoms with E-state index in [0.717, 1.165) is 5.69 Å². The van der Waals surface area contributed by atoms with Crippen LogP contribution in [0.5, 0.6) is 0 Å². The van der Waals surface area contributed by atoms with Crippen LogP contribution in [0.15, 0.2) is 30.3 Å². The average molecular weight is 141 g/mol. The standard InChI is InChI=1S/C9H8BN/c1-2-6-9-8(4-1)5-3-7-10-11-9/h1-7,11H. The molecule has 0 unspecified atom stereocenters. The van der Waals surface area contributed by atoms with E-state index in [4.69, 9.17) is 0 Å². The quantitative estimate of drug-likeness (QED) is 0.540. The van der Waals surface area contributed by atoms with Gasteiger partial charge in [0.15, 0.2) is 0 Å². The molecule has 1 aliphatic rings.